The quantitative estimate of drug-likeness (QED) is 0.932. The molecule has 0 aliphatic rings. The molecule has 0 saturated carbocycles. The van der Waals surface area contributed by atoms with E-state index >= 15 is 0 Å². The predicted octanol–water partition coefficient (Wildman–Crippen LogP) is 3.22. The van der Waals surface area contributed by atoms with Crippen LogP contribution >= 0.6 is 11.6 Å². The number of hydrogen-bond donors (Lipinski definition) is 1. The van der Waals surface area contributed by atoms with Crippen molar-refractivity contribution < 1.29 is 5.11 Å². The monoisotopic (exact) mass is 278 g/mol. The van der Waals surface area contributed by atoms with E-state index in [0.29, 0.717) is 11.4 Å². The number of halogens is 1. The first-order chi connectivity index (χ1) is 9.01. The van der Waals surface area contributed by atoms with Gasteiger partial charge in [-0.25, -0.2) is 0 Å². The van der Waals surface area contributed by atoms with Crippen molar-refractivity contribution in [2.24, 2.45) is 7.05 Å². The largest absolute Gasteiger partial charge is 0.388 e. The van der Waals surface area contributed by atoms with Crippen LogP contribution < -0.4 is 0 Å². The first-order valence-electron chi connectivity index (χ1n) is 6.46. The van der Waals surface area contributed by atoms with Gasteiger partial charge in [0, 0.05) is 30.3 Å². The summed E-state index contributed by atoms with van der Waals surface area (Å²) in [6.07, 6.45) is 2.64. The molecular formula is C15H19ClN2O. The Balaban J connectivity index is 2.22. The van der Waals surface area contributed by atoms with Crippen LogP contribution in [0.4, 0.5) is 0 Å². The number of aryl methyl sites for hydroxylation is 3. The minimum absolute atomic E-state index is 0.512. The van der Waals surface area contributed by atoms with Crippen molar-refractivity contribution in [3.8, 4) is 0 Å². The van der Waals surface area contributed by atoms with E-state index < -0.39 is 6.10 Å². The second-order valence-corrected chi connectivity index (χ2v) is 5.28. The van der Waals surface area contributed by atoms with Crippen LogP contribution in [0.2, 0.25) is 5.02 Å². The highest BCUT2D eigenvalue weighted by atomic mass is 35.5. The van der Waals surface area contributed by atoms with Gasteiger partial charge in [-0.2, -0.15) is 5.10 Å². The number of benzene rings is 1. The molecule has 0 saturated heterocycles. The molecule has 0 aliphatic heterocycles. The lowest BCUT2D eigenvalue weighted by atomic mass is 10.0. The Morgan fingerprint density at radius 2 is 2.16 bits per heavy atom. The molecule has 1 aromatic carbocycles. The molecule has 1 N–H and O–H groups in total. The fraction of sp³-hybridized carbons (Fsp3) is 0.400. The number of hydrogen-bond acceptors (Lipinski definition) is 2. The van der Waals surface area contributed by atoms with Crippen molar-refractivity contribution in [3.05, 3.63) is 51.8 Å². The van der Waals surface area contributed by atoms with Crippen molar-refractivity contribution in [3.63, 3.8) is 0 Å². The summed E-state index contributed by atoms with van der Waals surface area (Å²) in [6.45, 7) is 4.04. The van der Waals surface area contributed by atoms with E-state index in [4.69, 9.17) is 11.6 Å². The molecule has 0 fully saturated rings. The normalized spacial score (nSPS) is 12.7. The van der Waals surface area contributed by atoms with E-state index in [0.717, 1.165) is 28.8 Å². The maximum atomic E-state index is 10.4. The first-order valence-corrected chi connectivity index (χ1v) is 6.84. The summed E-state index contributed by atoms with van der Waals surface area (Å²) in [5, 5.41) is 15.4. The molecule has 1 aromatic heterocycles. The average Bonchev–Trinajstić information content (AvgIpc) is 2.74. The Morgan fingerprint density at radius 1 is 1.42 bits per heavy atom. The van der Waals surface area contributed by atoms with Crippen molar-refractivity contribution in [2.45, 2.75) is 32.8 Å². The standard InChI is InChI=1S/C15H19ClN2O/c1-4-14-12(9-18(3)17-14)15(19)8-11-6-5-10(2)7-13(11)16/h5-7,9,15,19H,4,8H2,1-3H3. The van der Waals surface area contributed by atoms with Crippen LogP contribution in [0.3, 0.4) is 0 Å². The van der Waals surface area contributed by atoms with Crippen LogP contribution in [0, 0.1) is 6.92 Å². The fourth-order valence-corrected chi connectivity index (χ4v) is 2.55. The molecular weight excluding hydrogens is 260 g/mol. The summed E-state index contributed by atoms with van der Waals surface area (Å²) in [4.78, 5) is 0. The SMILES string of the molecule is CCc1nn(C)cc1C(O)Cc1ccc(C)cc1Cl. The van der Waals surface area contributed by atoms with Gasteiger partial charge in [0.15, 0.2) is 0 Å². The van der Waals surface area contributed by atoms with Gasteiger partial charge < -0.3 is 5.11 Å². The number of aliphatic hydroxyl groups excluding tert-OH is 1. The highest BCUT2D eigenvalue weighted by Gasteiger charge is 2.16. The van der Waals surface area contributed by atoms with Crippen molar-refractivity contribution in [1.29, 1.82) is 0 Å². The summed E-state index contributed by atoms with van der Waals surface area (Å²) >= 11 is 6.21. The van der Waals surface area contributed by atoms with Gasteiger partial charge in [-0.05, 0) is 30.5 Å². The summed E-state index contributed by atoms with van der Waals surface area (Å²) < 4.78 is 1.74. The first kappa shape index (κ1) is 14.1. The molecule has 0 aliphatic carbocycles. The zero-order chi connectivity index (χ0) is 14.0. The van der Waals surface area contributed by atoms with Gasteiger partial charge >= 0.3 is 0 Å². The fourth-order valence-electron chi connectivity index (χ4n) is 2.24. The lowest BCUT2D eigenvalue weighted by Gasteiger charge is -2.12. The summed E-state index contributed by atoms with van der Waals surface area (Å²) in [6, 6.07) is 5.91. The molecule has 0 spiro atoms. The van der Waals surface area contributed by atoms with E-state index in [2.05, 4.69) is 5.10 Å². The van der Waals surface area contributed by atoms with Crippen LogP contribution in [0.25, 0.3) is 0 Å². The van der Waals surface area contributed by atoms with Gasteiger partial charge in [-0.3, -0.25) is 4.68 Å². The summed E-state index contributed by atoms with van der Waals surface area (Å²) in [5.41, 5.74) is 3.92. The Morgan fingerprint density at radius 3 is 2.79 bits per heavy atom. The molecule has 0 bridgehead atoms. The molecule has 102 valence electrons. The Labute approximate surface area is 118 Å². The number of aromatic nitrogens is 2. The van der Waals surface area contributed by atoms with Gasteiger partial charge in [-0.15, -0.1) is 0 Å². The molecule has 1 atom stereocenters. The van der Waals surface area contributed by atoms with Crippen LogP contribution in [0.15, 0.2) is 24.4 Å². The molecule has 2 rings (SSSR count). The second-order valence-electron chi connectivity index (χ2n) is 4.87. The van der Waals surface area contributed by atoms with Gasteiger partial charge in [0.05, 0.1) is 11.8 Å². The summed E-state index contributed by atoms with van der Waals surface area (Å²) in [7, 11) is 1.87. The molecule has 4 heteroatoms. The van der Waals surface area contributed by atoms with Gasteiger partial charge in [0.2, 0.25) is 0 Å². The van der Waals surface area contributed by atoms with E-state index in [-0.39, 0.29) is 0 Å². The Kier molecular flexibility index (Phi) is 4.27. The lowest BCUT2D eigenvalue weighted by Crippen LogP contribution is -2.04. The minimum atomic E-state index is -0.566. The van der Waals surface area contributed by atoms with Gasteiger partial charge in [-0.1, -0.05) is 30.7 Å². The zero-order valence-electron chi connectivity index (χ0n) is 11.5. The highest BCUT2D eigenvalue weighted by Crippen LogP contribution is 2.26. The van der Waals surface area contributed by atoms with Gasteiger partial charge in [0.1, 0.15) is 0 Å². The number of nitrogens with zero attached hydrogens (tertiary/aromatic N) is 2. The van der Waals surface area contributed by atoms with E-state index in [1.165, 1.54) is 0 Å². The summed E-state index contributed by atoms with van der Waals surface area (Å²) in [5.74, 6) is 0. The minimum Gasteiger partial charge on any atom is -0.388 e. The smallest absolute Gasteiger partial charge is 0.0864 e. The highest BCUT2D eigenvalue weighted by molar-refractivity contribution is 6.31. The average molecular weight is 279 g/mol. The Bertz CT molecular complexity index is 578. The maximum Gasteiger partial charge on any atom is 0.0864 e. The van der Waals surface area contributed by atoms with Crippen molar-refractivity contribution in [2.75, 3.05) is 0 Å². The molecule has 2 aromatic rings. The third-order valence-electron chi connectivity index (χ3n) is 3.25. The molecule has 1 heterocycles. The van der Waals surface area contributed by atoms with Crippen LogP contribution in [-0.4, -0.2) is 14.9 Å². The molecule has 0 amide bonds. The van der Waals surface area contributed by atoms with Crippen molar-refractivity contribution >= 4 is 11.6 Å². The van der Waals surface area contributed by atoms with E-state index in [9.17, 15) is 5.11 Å². The maximum absolute atomic E-state index is 10.4. The second kappa shape index (κ2) is 5.76. The molecule has 1 unspecified atom stereocenters. The van der Waals surface area contributed by atoms with Crippen LogP contribution in [0.1, 0.15) is 35.4 Å². The zero-order valence-corrected chi connectivity index (χ0v) is 12.3. The number of rotatable bonds is 4. The third-order valence-corrected chi connectivity index (χ3v) is 3.61. The van der Waals surface area contributed by atoms with E-state index in [1.807, 2.05) is 45.3 Å². The molecule has 19 heavy (non-hydrogen) atoms. The predicted molar refractivity (Wildman–Crippen MR) is 77.4 cm³/mol. The molecule has 3 nitrogen and oxygen atoms in total. The van der Waals surface area contributed by atoms with E-state index in [1.54, 1.807) is 4.68 Å². The number of aliphatic hydroxyl groups is 1. The third kappa shape index (κ3) is 3.17. The molecule has 0 radical (unpaired) electrons. The van der Waals surface area contributed by atoms with Crippen molar-refractivity contribution in [1.82, 2.24) is 9.78 Å². The van der Waals surface area contributed by atoms with Crippen LogP contribution in [-0.2, 0) is 19.9 Å². The van der Waals surface area contributed by atoms with Gasteiger partial charge in [0.25, 0.3) is 0 Å². The topological polar surface area (TPSA) is 38.0 Å². The lowest BCUT2D eigenvalue weighted by molar-refractivity contribution is 0.177. The van der Waals surface area contributed by atoms with Crippen LogP contribution in [0.5, 0.6) is 0 Å². The Hall–Kier alpha value is -1.32.